The van der Waals surface area contributed by atoms with Gasteiger partial charge in [-0.3, -0.25) is 4.79 Å². The predicted octanol–water partition coefficient (Wildman–Crippen LogP) is 4.09. The van der Waals surface area contributed by atoms with Gasteiger partial charge in [0.1, 0.15) is 5.75 Å². The van der Waals surface area contributed by atoms with E-state index in [2.05, 4.69) is 5.32 Å². The van der Waals surface area contributed by atoms with Gasteiger partial charge in [-0.15, -0.1) is 0 Å². The average molecular weight is 437 g/mol. The molecule has 2 aromatic carbocycles. The van der Waals surface area contributed by atoms with Crippen molar-refractivity contribution in [3.8, 4) is 5.75 Å². The molecule has 6 nitrogen and oxygen atoms in total. The predicted molar refractivity (Wildman–Crippen MR) is 114 cm³/mol. The molecule has 1 heterocycles. The Hall–Kier alpha value is -2.09. The minimum atomic E-state index is -3.71. The molecule has 1 unspecified atom stereocenters. The van der Waals surface area contributed by atoms with E-state index in [1.165, 1.54) is 10.4 Å². The lowest BCUT2D eigenvalue weighted by atomic mass is 9.98. The molecule has 0 aromatic heterocycles. The molecule has 1 amide bonds. The van der Waals surface area contributed by atoms with Crippen LogP contribution < -0.4 is 10.1 Å². The van der Waals surface area contributed by atoms with Crippen molar-refractivity contribution >= 4 is 33.2 Å². The normalized spacial score (nSPS) is 17.7. The fraction of sp³-hybridized carbons (Fsp3) is 0.381. The van der Waals surface area contributed by atoms with Gasteiger partial charge in [0.25, 0.3) is 0 Å². The van der Waals surface area contributed by atoms with Gasteiger partial charge in [0, 0.05) is 18.1 Å². The topological polar surface area (TPSA) is 75.7 Å². The number of piperidine rings is 1. The second kappa shape index (κ2) is 9.15. The lowest BCUT2D eigenvalue weighted by molar-refractivity contribution is -0.120. The van der Waals surface area contributed by atoms with Crippen molar-refractivity contribution in [2.45, 2.75) is 31.6 Å². The molecule has 156 valence electrons. The van der Waals surface area contributed by atoms with E-state index in [1.54, 1.807) is 24.3 Å². The van der Waals surface area contributed by atoms with Crippen LogP contribution in [-0.2, 0) is 14.8 Å². The number of ether oxygens (including phenoxy) is 1. The molecule has 0 radical (unpaired) electrons. The molecule has 1 aliphatic heterocycles. The number of sulfonamides is 1. The van der Waals surface area contributed by atoms with Gasteiger partial charge in [-0.2, -0.15) is 4.31 Å². The van der Waals surface area contributed by atoms with E-state index in [9.17, 15) is 13.2 Å². The van der Waals surface area contributed by atoms with Crippen molar-refractivity contribution in [1.29, 1.82) is 0 Å². The highest BCUT2D eigenvalue weighted by molar-refractivity contribution is 7.89. The summed E-state index contributed by atoms with van der Waals surface area (Å²) in [6.45, 7) is 4.70. The third kappa shape index (κ3) is 4.91. The summed E-state index contributed by atoms with van der Waals surface area (Å²) in [7, 11) is -3.71. The summed E-state index contributed by atoms with van der Waals surface area (Å²) in [4.78, 5) is 13.0. The summed E-state index contributed by atoms with van der Waals surface area (Å²) >= 11 is 6.11. The first kappa shape index (κ1) is 21.6. The summed E-state index contributed by atoms with van der Waals surface area (Å²) in [6, 6.07) is 11.9. The number of hydrogen-bond acceptors (Lipinski definition) is 4. The van der Waals surface area contributed by atoms with Crippen molar-refractivity contribution in [3.63, 3.8) is 0 Å². The van der Waals surface area contributed by atoms with Gasteiger partial charge in [-0.05, 0) is 56.5 Å². The summed E-state index contributed by atoms with van der Waals surface area (Å²) in [5, 5.41) is 3.29. The smallest absolute Gasteiger partial charge is 0.243 e. The van der Waals surface area contributed by atoms with Crippen molar-refractivity contribution in [2.75, 3.05) is 25.0 Å². The van der Waals surface area contributed by atoms with Crippen molar-refractivity contribution < 1.29 is 17.9 Å². The minimum Gasteiger partial charge on any atom is -0.492 e. The van der Waals surface area contributed by atoms with Crippen LogP contribution in [0.15, 0.2) is 47.4 Å². The van der Waals surface area contributed by atoms with E-state index in [1.807, 2.05) is 26.0 Å². The molecule has 0 aliphatic carbocycles. The van der Waals surface area contributed by atoms with E-state index in [0.29, 0.717) is 42.5 Å². The van der Waals surface area contributed by atoms with Gasteiger partial charge < -0.3 is 10.1 Å². The number of rotatable bonds is 6. The van der Waals surface area contributed by atoms with Gasteiger partial charge in [-0.25, -0.2) is 8.42 Å². The standard InChI is InChI=1S/C21H25ClN2O4S/c1-3-28-20-9-5-4-8-19(20)23-21(25)16-7-6-12-24(14-16)29(26,27)17-11-10-15(2)18(22)13-17/h4-5,8-11,13,16H,3,6-7,12,14H2,1-2H3,(H,23,25). The first-order valence-electron chi connectivity index (χ1n) is 9.62. The lowest BCUT2D eigenvalue weighted by Crippen LogP contribution is -2.43. The zero-order valence-electron chi connectivity index (χ0n) is 16.5. The SMILES string of the molecule is CCOc1ccccc1NC(=O)C1CCCN(S(=O)(=O)c2ccc(C)c(Cl)c2)C1. The first-order valence-corrected chi connectivity index (χ1v) is 11.4. The van der Waals surface area contributed by atoms with E-state index in [4.69, 9.17) is 16.3 Å². The lowest BCUT2D eigenvalue weighted by Gasteiger charge is -2.31. The molecule has 1 aliphatic rings. The fourth-order valence-corrected chi connectivity index (χ4v) is 5.14. The maximum atomic E-state index is 13.0. The Balaban J connectivity index is 1.75. The molecular weight excluding hydrogens is 412 g/mol. The first-order chi connectivity index (χ1) is 13.8. The number of amides is 1. The molecule has 1 atom stereocenters. The van der Waals surface area contributed by atoms with Crippen LogP contribution in [0.1, 0.15) is 25.3 Å². The molecule has 0 bridgehead atoms. The van der Waals surface area contributed by atoms with E-state index < -0.39 is 15.9 Å². The number of nitrogens with one attached hydrogen (secondary N) is 1. The molecule has 2 aromatic rings. The van der Waals surface area contributed by atoms with E-state index in [-0.39, 0.29) is 17.3 Å². The number of carbonyl (C=O) groups is 1. The highest BCUT2D eigenvalue weighted by atomic mass is 35.5. The molecule has 29 heavy (non-hydrogen) atoms. The number of anilines is 1. The van der Waals surface area contributed by atoms with Crippen molar-refractivity contribution in [3.05, 3.63) is 53.1 Å². The highest BCUT2D eigenvalue weighted by Gasteiger charge is 2.33. The van der Waals surface area contributed by atoms with E-state index in [0.717, 1.165) is 5.56 Å². The number of nitrogens with zero attached hydrogens (tertiary/aromatic N) is 1. The van der Waals surface area contributed by atoms with Gasteiger partial charge in [0.15, 0.2) is 0 Å². The second-order valence-corrected chi connectivity index (χ2v) is 9.38. The number of aryl methyl sites for hydroxylation is 1. The van der Waals surface area contributed by atoms with Gasteiger partial charge in [-0.1, -0.05) is 29.8 Å². The fourth-order valence-electron chi connectivity index (χ4n) is 3.34. The molecule has 0 spiro atoms. The number of para-hydroxylation sites is 2. The summed E-state index contributed by atoms with van der Waals surface area (Å²) < 4.78 is 33.0. The largest absolute Gasteiger partial charge is 0.492 e. The van der Waals surface area contributed by atoms with Crippen molar-refractivity contribution in [2.24, 2.45) is 5.92 Å². The third-order valence-electron chi connectivity index (χ3n) is 4.98. The van der Waals surface area contributed by atoms with Crippen LogP contribution in [0.5, 0.6) is 5.75 Å². The Kier molecular flexibility index (Phi) is 6.82. The van der Waals surface area contributed by atoms with E-state index >= 15 is 0 Å². The number of halogens is 1. The molecule has 0 saturated carbocycles. The monoisotopic (exact) mass is 436 g/mol. The summed E-state index contributed by atoms with van der Waals surface area (Å²) in [5.41, 5.74) is 1.40. The Bertz CT molecular complexity index is 994. The van der Waals surface area contributed by atoms with Crippen LogP contribution in [-0.4, -0.2) is 38.3 Å². The molecule has 3 rings (SSSR count). The molecule has 8 heteroatoms. The Labute approximate surface area is 176 Å². The van der Waals surface area contributed by atoms with Crippen LogP contribution in [0.4, 0.5) is 5.69 Å². The molecule has 1 N–H and O–H groups in total. The third-order valence-corrected chi connectivity index (χ3v) is 7.25. The maximum absolute atomic E-state index is 13.0. The summed E-state index contributed by atoms with van der Waals surface area (Å²) in [5.74, 6) is -0.0500. The van der Waals surface area contributed by atoms with Gasteiger partial charge >= 0.3 is 0 Å². The average Bonchev–Trinajstić information content (AvgIpc) is 2.71. The number of benzene rings is 2. The molecule has 1 fully saturated rings. The van der Waals surface area contributed by atoms with Crippen LogP contribution in [0, 0.1) is 12.8 Å². The second-order valence-electron chi connectivity index (χ2n) is 7.03. The van der Waals surface area contributed by atoms with Crippen molar-refractivity contribution in [1.82, 2.24) is 4.31 Å². The van der Waals surface area contributed by atoms with Crippen LogP contribution in [0.25, 0.3) is 0 Å². The Morgan fingerprint density at radius 2 is 2.03 bits per heavy atom. The maximum Gasteiger partial charge on any atom is 0.243 e. The van der Waals surface area contributed by atoms with Crippen LogP contribution in [0.3, 0.4) is 0 Å². The number of hydrogen-bond donors (Lipinski definition) is 1. The minimum absolute atomic E-state index is 0.135. The van der Waals surface area contributed by atoms with Gasteiger partial charge in [0.2, 0.25) is 15.9 Å². The number of carbonyl (C=O) groups excluding carboxylic acids is 1. The Morgan fingerprint density at radius 3 is 2.76 bits per heavy atom. The quantitative estimate of drug-likeness (QED) is 0.740. The molecular formula is C21H25ClN2O4S. The summed E-state index contributed by atoms with van der Waals surface area (Å²) in [6.07, 6.45) is 1.24. The van der Waals surface area contributed by atoms with Crippen LogP contribution >= 0.6 is 11.6 Å². The zero-order valence-corrected chi connectivity index (χ0v) is 18.1. The van der Waals surface area contributed by atoms with Gasteiger partial charge in [0.05, 0.1) is 23.1 Å². The molecule has 1 saturated heterocycles. The Morgan fingerprint density at radius 1 is 1.28 bits per heavy atom. The zero-order chi connectivity index (χ0) is 21.0. The highest BCUT2D eigenvalue weighted by Crippen LogP contribution is 2.29. The van der Waals surface area contributed by atoms with Crippen LogP contribution in [0.2, 0.25) is 5.02 Å².